The van der Waals surface area contributed by atoms with Gasteiger partial charge in [-0.05, 0) is 24.4 Å². The minimum Gasteiger partial charge on any atom is -0.480 e. The predicted octanol–water partition coefficient (Wildman–Crippen LogP) is 1.80. The summed E-state index contributed by atoms with van der Waals surface area (Å²) in [7, 11) is 3.46. The van der Waals surface area contributed by atoms with Crippen molar-refractivity contribution in [3.05, 3.63) is 10.9 Å². The van der Waals surface area contributed by atoms with Crippen LogP contribution in [0.2, 0.25) is 0 Å². The van der Waals surface area contributed by atoms with Crippen molar-refractivity contribution in [3.63, 3.8) is 0 Å². The monoisotopic (exact) mass is 267 g/mol. The van der Waals surface area contributed by atoms with E-state index in [4.69, 9.17) is 15.4 Å². The summed E-state index contributed by atoms with van der Waals surface area (Å²) in [6.45, 7) is 0. The largest absolute Gasteiger partial charge is 0.480 e. The third-order valence-corrected chi connectivity index (χ3v) is 5.90. The van der Waals surface area contributed by atoms with Gasteiger partial charge in [-0.25, -0.2) is 8.42 Å². The Morgan fingerprint density at radius 2 is 2.33 bits per heavy atom. The highest BCUT2D eigenvalue weighted by molar-refractivity contribution is 8.15. The van der Waals surface area contributed by atoms with Gasteiger partial charge in [0.1, 0.15) is 0 Å². The van der Waals surface area contributed by atoms with Gasteiger partial charge in [0.25, 0.3) is 0 Å². The Bertz CT molecular complexity index is 464. The Hall–Kier alpha value is -0.330. The number of methoxy groups -OCH3 is 1. The zero-order valence-corrected chi connectivity index (χ0v) is 10.5. The molecule has 0 aromatic carbocycles. The fourth-order valence-electron chi connectivity index (χ4n) is 1.44. The maximum absolute atomic E-state index is 11.3. The molecule has 4 nitrogen and oxygen atoms in total. The molecule has 15 heavy (non-hydrogen) atoms. The van der Waals surface area contributed by atoms with E-state index in [1.807, 2.05) is 0 Å². The predicted molar refractivity (Wildman–Crippen MR) is 59.1 cm³/mol. The van der Waals surface area contributed by atoms with Gasteiger partial charge in [-0.15, -0.1) is 0 Å². The highest BCUT2D eigenvalue weighted by Crippen LogP contribution is 2.48. The molecule has 0 amide bonds. The molecule has 0 atom stereocenters. The standard InChI is InChI=1S/C8H10ClNO3S2/c1-13-7-4-6(14-10-7)5-8(2-3-8)15(9,11)12/h4H,2-3,5H2,1H3. The molecule has 0 saturated heterocycles. The van der Waals surface area contributed by atoms with Crippen LogP contribution in [0.5, 0.6) is 5.88 Å². The van der Waals surface area contributed by atoms with E-state index in [1.165, 1.54) is 18.6 Å². The Balaban J connectivity index is 2.16. The first-order chi connectivity index (χ1) is 6.97. The molecule has 0 radical (unpaired) electrons. The normalized spacial score (nSPS) is 18.8. The van der Waals surface area contributed by atoms with Gasteiger partial charge in [-0.2, -0.15) is 4.37 Å². The van der Waals surface area contributed by atoms with Crippen molar-refractivity contribution >= 4 is 31.3 Å². The summed E-state index contributed by atoms with van der Waals surface area (Å²) in [5, 5.41) is 0. The van der Waals surface area contributed by atoms with Gasteiger partial charge in [0.15, 0.2) is 0 Å². The van der Waals surface area contributed by atoms with Gasteiger partial charge in [0, 0.05) is 28.0 Å². The van der Waals surface area contributed by atoms with Gasteiger partial charge >= 0.3 is 0 Å². The number of aromatic nitrogens is 1. The first kappa shape index (κ1) is 11.2. The quantitative estimate of drug-likeness (QED) is 0.781. The molecule has 1 aromatic heterocycles. The summed E-state index contributed by atoms with van der Waals surface area (Å²) < 4.78 is 30.8. The minimum absolute atomic E-state index is 0.444. The number of rotatable bonds is 4. The Labute approximate surface area is 96.8 Å². The van der Waals surface area contributed by atoms with E-state index in [2.05, 4.69) is 4.37 Å². The van der Waals surface area contributed by atoms with Crippen LogP contribution in [0.3, 0.4) is 0 Å². The van der Waals surface area contributed by atoms with E-state index in [0.717, 1.165) is 4.88 Å². The number of hydrogen-bond donors (Lipinski definition) is 0. The molecular weight excluding hydrogens is 258 g/mol. The molecule has 1 aromatic rings. The zero-order chi connectivity index (χ0) is 11.1. The van der Waals surface area contributed by atoms with Crippen molar-refractivity contribution in [2.45, 2.75) is 24.0 Å². The number of halogens is 1. The van der Waals surface area contributed by atoms with Crippen LogP contribution in [-0.4, -0.2) is 24.6 Å². The van der Waals surface area contributed by atoms with Crippen molar-refractivity contribution in [3.8, 4) is 5.88 Å². The topological polar surface area (TPSA) is 56.3 Å². The van der Waals surface area contributed by atoms with Gasteiger partial charge in [-0.1, -0.05) is 0 Å². The van der Waals surface area contributed by atoms with Crippen molar-refractivity contribution < 1.29 is 13.2 Å². The average molecular weight is 268 g/mol. The SMILES string of the molecule is COc1cc(CC2(S(=O)(=O)Cl)CC2)sn1. The van der Waals surface area contributed by atoms with Gasteiger partial charge in [-0.3, -0.25) is 0 Å². The molecule has 84 valence electrons. The Morgan fingerprint density at radius 3 is 2.73 bits per heavy atom. The second-order valence-corrected chi connectivity index (χ2v) is 7.48. The fourth-order valence-corrected chi connectivity index (χ4v) is 3.90. The summed E-state index contributed by atoms with van der Waals surface area (Å²) in [6, 6.07) is 1.76. The molecule has 7 heteroatoms. The van der Waals surface area contributed by atoms with E-state index in [0.29, 0.717) is 25.1 Å². The van der Waals surface area contributed by atoms with Gasteiger partial charge in [0.05, 0.1) is 11.9 Å². The maximum Gasteiger partial charge on any atom is 0.238 e. The van der Waals surface area contributed by atoms with Gasteiger partial charge < -0.3 is 4.74 Å². The smallest absolute Gasteiger partial charge is 0.238 e. The summed E-state index contributed by atoms with van der Waals surface area (Å²) >= 11 is 1.26. The van der Waals surface area contributed by atoms with Crippen LogP contribution in [0.15, 0.2) is 6.07 Å². The van der Waals surface area contributed by atoms with Gasteiger partial charge in [0.2, 0.25) is 14.9 Å². The molecule has 0 bridgehead atoms. The highest BCUT2D eigenvalue weighted by atomic mass is 35.7. The van der Waals surface area contributed by atoms with Crippen LogP contribution in [0.25, 0.3) is 0 Å². The van der Waals surface area contributed by atoms with Crippen LogP contribution in [-0.2, 0) is 15.5 Å². The van der Waals surface area contributed by atoms with Crippen molar-refractivity contribution in [1.82, 2.24) is 4.37 Å². The van der Waals surface area contributed by atoms with E-state index in [-0.39, 0.29) is 0 Å². The summed E-state index contributed by atoms with van der Waals surface area (Å²) in [6.07, 6.45) is 1.72. The first-order valence-electron chi connectivity index (χ1n) is 4.41. The molecule has 0 N–H and O–H groups in total. The first-order valence-corrected chi connectivity index (χ1v) is 7.49. The summed E-state index contributed by atoms with van der Waals surface area (Å²) in [5.41, 5.74) is 0. The molecule has 1 aliphatic carbocycles. The van der Waals surface area contributed by atoms with E-state index < -0.39 is 13.8 Å². The molecule has 0 aliphatic heterocycles. The average Bonchev–Trinajstić information content (AvgIpc) is 2.78. The Kier molecular flexibility index (Phi) is 2.68. The zero-order valence-electron chi connectivity index (χ0n) is 8.07. The highest BCUT2D eigenvalue weighted by Gasteiger charge is 2.53. The second-order valence-electron chi connectivity index (χ2n) is 3.63. The molecule has 2 rings (SSSR count). The summed E-state index contributed by atoms with van der Waals surface area (Å²) in [5.74, 6) is 0.526. The van der Waals surface area contributed by atoms with Crippen LogP contribution < -0.4 is 4.74 Å². The van der Waals surface area contributed by atoms with E-state index in [1.54, 1.807) is 6.07 Å². The van der Waals surface area contributed by atoms with Crippen LogP contribution in [0.4, 0.5) is 0 Å². The van der Waals surface area contributed by atoms with Crippen molar-refractivity contribution in [2.75, 3.05) is 7.11 Å². The molecular formula is C8H10ClNO3S2. The number of nitrogens with zero attached hydrogens (tertiary/aromatic N) is 1. The van der Waals surface area contributed by atoms with Crippen molar-refractivity contribution in [2.24, 2.45) is 0 Å². The minimum atomic E-state index is -3.48. The lowest BCUT2D eigenvalue weighted by molar-refractivity contribution is 0.402. The van der Waals surface area contributed by atoms with E-state index >= 15 is 0 Å². The summed E-state index contributed by atoms with van der Waals surface area (Å²) in [4.78, 5) is 0.897. The maximum atomic E-state index is 11.3. The molecule has 0 spiro atoms. The molecule has 1 saturated carbocycles. The molecule has 1 fully saturated rings. The van der Waals surface area contributed by atoms with Crippen LogP contribution >= 0.6 is 22.2 Å². The lowest BCUT2D eigenvalue weighted by Gasteiger charge is -2.08. The fraction of sp³-hybridized carbons (Fsp3) is 0.625. The molecule has 1 aliphatic rings. The third kappa shape index (κ3) is 2.11. The lowest BCUT2D eigenvalue weighted by Crippen LogP contribution is -2.20. The number of ether oxygens (including phenoxy) is 1. The lowest BCUT2D eigenvalue weighted by atomic mass is 10.2. The molecule has 1 heterocycles. The van der Waals surface area contributed by atoms with Crippen LogP contribution in [0.1, 0.15) is 17.7 Å². The van der Waals surface area contributed by atoms with E-state index in [9.17, 15) is 8.42 Å². The molecule has 0 unspecified atom stereocenters. The van der Waals surface area contributed by atoms with Crippen LogP contribution in [0, 0.1) is 0 Å². The Morgan fingerprint density at radius 1 is 1.67 bits per heavy atom. The van der Waals surface area contributed by atoms with Crippen molar-refractivity contribution in [1.29, 1.82) is 0 Å². The number of hydrogen-bond acceptors (Lipinski definition) is 5. The second kappa shape index (κ2) is 3.61. The third-order valence-electron chi connectivity index (χ3n) is 2.57.